The maximum Gasteiger partial charge on any atom is 0.254 e. The average Bonchev–Trinajstić information content (AvgIpc) is 2.39. The van der Waals surface area contributed by atoms with E-state index in [0.717, 1.165) is 12.8 Å². The van der Waals surface area contributed by atoms with Gasteiger partial charge in [-0.25, -0.2) is 4.39 Å². The fourth-order valence-corrected chi connectivity index (χ4v) is 3.11. The number of hydrogen-bond donors (Lipinski definition) is 0. The summed E-state index contributed by atoms with van der Waals surface area (Å²) in [7, 11) is 0. The van der Waals surface area contributed by atoms with Crippen LogP contribution < -0.4 is 0 Å². The van der Waals surface area contributed by atoms with Crippen LogP contribution in [0.5, 0.6) is 0 Å². The summed E-state index contributed by atoms with van der Waals surface area (Å²) in [5.41, 5.74) is 0.469. The molecule has 1 heterocycles. The second-order valence-electron chi connectivity index (χ2n) is 4.26. The molecule has 0 bridgehead atoms. The zero-order chi connectivity index (χ0) is 13.1. The van der Waals surface area contributed by atoms with Crippen LogP contribution in [0.2, 0.25) is 0 Å². The minimum Gasteiger partial charge on any atom is -0.325 e. The van der Waals surface area contributed by atoms with Gasteiger partial charge in [0.15, 0.2) is 0 Å². The van der Waals surface area contributed by atoms with Crippen molar-refractivity contribution in [3.8, 4) is 6.07 Å². The quantitative estimate of drug-likeness (QED) is 0.440. The number of benzene rings is 1. The third kappa shape index (κ3) is 2.64. The number of nitrogens with zero attached hydrogens (tertiary/aromatic N) is 2. The molecular weight excluding hydrogens is 346 g/mol. The summed E-state index contributed by atoms with van der Waals surface area (Å²) in [5, 5.41) is 9.03. The molecule has 2 rings (SSSR count). The van der Waals surface area contributed by atoms with Crippen molar-refractivity contribution in [3.05, 3.63) is 35.6 Å². The van der Waals surface area contributed by atoms with Crippen LogP contribution in [-0.2, 0) is 0 Å². The Morgan fingerprint density at radius 2 is 2.11 bits per heavy atom. The number of amides is 1. The molecule has 0 aromatic heterocycles. The molecule has 0 N–H and O–H groups in total. The van der Waals surface area contributed by atoms with Crippen LogP contribution in [0.4, 0.5) is 4.39 Å². The molecule has 5 heteroatoms. The zero-order valence-electron chi connectivity index (χ0n) is 9.64. The Balaban J connectivity index is 2.18. The van der Waals surface area contributed by atoms with Gasteiger partial charge in [0.25, 0.3) is 5.91 Å². The molecule has 18 heavy (non-hydrogen) atoms. The lowest BCUT2D eigenvalue weighted by Crippen LogP contribution is -2.44. The van der Waals surface area contributed by atoms with Gasteiger partial charge < -0.3 is 4.90 Å². The van der Waals surface area contributed by atoms with E-state index in [4.69, 9.17) is 5.26 Å². The van der Waals surface area contributed by atoms with Gasteiger partial charge in [-0.1, -0.05) is 22.6 Å². The first-order chi connectivity index (χ1) is 8.63. The van der Waals surface area contributed by atoms with Gasteiger partial charge in [-0.15, -0.1) is 0 Å². The molecule has 1 amide bonds. The Bertz CT molecular complexity index is 483. The molecule has 2 atom stereocenters. The Kier molecular flexibility index (Phi) is 4.17. The summed E-state index contributed by atoms with van der Waals surface area (Å²) in [6.07, 6.45) is 1.67. The number of piperidine rings is 1. The Morgan fingerprint density at radius 1 is 1.44 bits per heavy atom. The molecule has 2 unspecified atom stereocenters. The highest BCUT2D eigenvalue weighted by molar-refractivity contribution is 14.1. The van der Waals surface area contributed by atoms with Crippen LogP contribution in [0.1, 0.15) is 23.2 Å². The van der Waals surface area contributed by atoms with Crippen molar-refractivity contribution in [2.45, 2.75) is 16.9 Å². The lowest BCUT2D eigenvalue weighted by molar-refractivity contribution is 0.0681. The average molecular weight is 358 g/mol. The Labute approximate surface area is 119 Å². The van der Waals surface area contributed by atoms with Crippen molar-refractivity contribution in [1.82, 2.24) is 4.90 Å². The van der Waals surface area contributed by atoms with Crippen molar-refractivity contribution in [1.29, 1.82) is 5.26 Å². The van der Waals surface area contributed by atoms with E-state index in [2.05, 4.69) is 28.7 Å². The van der Waals surface area contributed by atoms with E-state index < -0.39 is 0 Å². The minimum atomic E-state index is -0.355. The van der Waals surface area contributed by atoms with E-state index in [9.17, 15) is 9.18 Å². The molecular formula is C13H12FIN2O. The monoisotopic (exact) mass is 358 g/mol. The summed E-state index contributed by atoms with van der Waals surface area (Å²) in [6.45, 7) is 0.655. The van der Waals surface area contributed by atoms with Gasteiger partial charge in [0.05, 0.1) is 16.0 Å². The summed E-state index contributed by atoms with van der Waals surface area (Å²) in [4.78, 5) is 14.0. The van der Waals surface area contributed by atoms with E-state index in [1.165, 1.54) is 24.3 Å². The minimum absolute atomic E-state index is 0.112. The first-order valence-corrected chi connectivity index (χ1v) is 6.98. The number of nitriles is 1. The summed E-state index contributed by atoms with van der Waals surface area (Å²) < 4.78 is 12.7. The summed E-state index contributed by atoms with van der Waals surface area (Å²) in [6, 6.07) is 7.76. The van der Waals surface area contributed by atoms with Gasteiger partial charge in [-0.3, -0.25) is 4.79 Å². The van der Waals surface area contributed by atoms with Crippen LogP contribution in [0.25, 0.3) is 0 Å². The van der Waals surface area contributed by atoms with E-state index in [0.29, 0.717) is 12.1 Å². The van der Waals surface area contributed by atoms with Crippen molar-refractivity contribution < 1.29 is 9.18 Å². The summed E-state index contributed by atoms with van der Waals surface area (Å²) >= 11 is 2.14. The number of hydrogen-bond acceptors (Lipinski definition) is 2. The van der Waals surface area contributed by atoms with Crippen LogP contribution in [0.15, 0.2) is 24.3 Å². The van der Waals surface area contributed by atoms with E-state index in [1.807, 2.05) is 0 Å². The number of alkyl halides is 1. The lowest BCUT2D eigenvalue weighted by Gasteiger charge is -2.35. The Hall–Kier alpha value is -1.16. The molecule has 1 aromatic rings. The van der Waals surface area contributed by atoms with Crippen LogP contribution in [0, 0.1) is 23.1 Å². The maximum absolute atomic E-state index is 12.8. The summed E-state index contributed by atoms with van der Waals surface area (Å²) in [5.74, 6) is -0.607. The van der Waals surface area contributed by atoms with E-state index >= 15 is 0 Å². The highest BCUT2D eigenvalue weighted by atomic mass is 127. The van der Waals surface area contributed by atoms with E-state index in [1.54, 1.807) is 4.90 Å². The highest BCUT2D eigenvalue weighted by Gasteiger charge is 2.32. The SMILES string of the molecule is N#CC1CCCN(C(=O)c2ccc(F)cc2)C1I. The van der Waals surface area contributed by atoms with Crippen LogP contribution >= 0.6 is 22.6 Å². The number of carbonyl (C=O) groups is 1. The van der Waals surface area contributed by atoms with Crippen molar-refractivity contribution in [2.75, 3.05) is 6.54 Å². The molecule has 94 valence electrons. The fraction of sp³-hybridized carbons (Fsp3) is 0.385. The number of halogens is 2. The first kappa shape index (κ1) is 13.3. The van der Waals surface area contributed by atoms with Crippen molar-refractivity contribution in [2.24, 2.45) is 5.92 Å². The lowest BCUT2D eigenvalue weighted by atomic mass is 9.99. The molecule has 1 aromatic carbocycles. The maximum atomic E-state index is 12.8. The first-order valence-electron chi connectivity index (χ1n) is 5.73. The zero-order valence-corrected chi connectivity index (χ0v) is 11.8. The van der Waals surface area contributed by atoms with Gasteiger partial charge in [-0.2, -0.15) is 5.26 Å². The standard InChI is InChI=1S/C13H12FIN2O/c14-11-5-3-9(4-6-11)13(18)17-7-1-2-10(8-16)12(17)15/h3-6,10,12H,1-2,7H2. The van der Waals surface area contributed by atoms with Crippen LogP contribution in [0.3, 0.4) is 0 Å². The molecule has 0 spiro atoms. The second kappa shape index (κ2) is 5.65. The topological polar surface area (TPSA) is 44.1 Å². The predicted octanol–water partition coefficient (Wildman–Crippen LogP) is 2.96. The van der Waals surface area contributed by atoms with Gasteiger partial charge in [-0.05, 0) is 37.1 Å². The smallest absolute Gasteiger partial charge is 0.254 e. The Morgan fingerprint density at radius 3 is 2.72 bits per heavy atom. The second-order valence-corrected chi connectivity index (χ2v) is 5.53. The molecule has 0 aliphatic carbocycles. The van der Waals surface area contributed by atoms with Crippen molar-refractivity contribution >= 4 is 28.5 Å². The molecule has 1 fully saturated rings. The van der Waals surface area contributed by atoms with Crippen LogP contribution in [-0.4, -0.2) is 21.4 Å². The molecule has 1 aliphatic rings. The molecule has 0 radical (unpaired) electrons. The van der Waals surface area contributed by atoms with Gasteiger partial charge in [0.2, 0.25) is 0 Å². The number of likely N-dealkylation sites (tertiary alicyclic amines) is 1. The predicted molar refractivity (Wildman–Crippen MR) is 73.6 cm³/mol. The van der Waals surface area contributed by atoms with Gasteiger partial charge >= 0.3 is 0 Å². The van der Waals surface area contributed by atoms with E-state index in [-0.39, 0.29) is 21.7 Å². The number of rotatable bonds is 1. The third-order valence-corrected chi connectivity index (χ3v) is 4.60. The largest absolute Gasteiger partial charge is 0.325 e. The van der Waals surface area contributed by atoms with Crippen molar-refractivity contribution in [3.63, 3.8) is 0 Å². The van der Waals surface area contributed by atoms with Gasteiger partial charge in [0, 0.05) is 12.1 Å². The normalized spacial score (nSPS) is 23.5. The fourth-order valence-electron chi connectivity index (χ4n) is 2.06. The molecule has 0 saturated carbocycles. The van der Waals surface area contributed by atoms with Gasteiger partial charge in [0.1, 0.15) is 5.82 Å². The third-order valence-electron chi connectivity index (χ3n) is 3.06. The highest BCUT2D eigenvalue weighted by Crippen LogP contribution is 2.29. The molecule has 1 aliphatic heterocycles. The molecule has 1 saturated heterocycles. The number of carbonyl (C=O) groups excluding carboxylic acids is 1. The molecule has 3 nitrogen and oxygen atoms in total.